The van der Waals surface area contributed by atoms with Gasteiger partial charge in [-0.3, -0.25) is 14.5 Å². The van der Waals surface area contributed by atoms with E-state index in [2.05, 4.69) is 22.0 Å². The van der Waals surface area contributed by atoms with Crippen molar-refractivity contribution >= 4 is 38.8 Å². The van der Waals surface area contributed by atoms with Gasteiger partial charge in [0.25, 0.3) is 15.9 Å². The Kier molecular flexibility index (Phi) is 6.51. The Morgan fingerprint density at radius 3 is 2.79 bits per heavy atom. The Labute approximate surface area is 170 Å². The number of amidine groups is 1. The van der Waals surface area contributed by atoms with Crippen LogP contribution in [0.3, 0.4) is 0 Å². The van der Waals surface area contributed by atoms with E-state index in [1.165, 1.54) is 23.5 Å². The number of carbonyl (C=O) groups excluding carboxylic acids is 1. The Balaban J connectivity index is 1.75. The number of carbonyl (C=O) groups is 1. The van der Waals surface area contributed by atoms with Gasteiger partial charge in [-0.15, -0.1) is 11.3 Å². The summed E-state index contributed by atoms with van der Waals surface area (Å²) in [5, 5.41) is 2.80. The third-order valence-electron chi connectivity index (χ3n) is 4.65. The molecule has 0 fully saturated rings. The van der Waals surface area contributed by atoms with E-state index in [4.69, 9.17) is 0 Å². The Bertz CT molecular complexity index is 994. The molecule has 0 atom stereocenters. The molecule has 1 aromatic carbocycles. The van der Waals surface area contributed by atoms with Crippen LogP contribution < -0.4 is 10.0 Å². The van der Waals surface area contributed by atoms with Crippen LogP contribution in [0.5, 0.6) is 0 Å². The van der Waals surface area contributed by atoms with Gasteiger partial charge in [0.2, 0.25) is 0 Å². The second-order valence-electron chi connectivity index (χ2n) is 6.77. The lowest BCUT2D eigenvalue weighted by molar-refractivity contribution is 0.103. The zero-order valence-corrected chi connectivity index (χ0v) is 17.8. The number of hydrogen-bond donors (Lipinski definition) is 2. The van der Waals surface area contributed by atoms with Crippen molar-refractivity contribution in [2.24, 2.45) is 4.99 Å². The number of thiophene rings is 1. The molecule has 1 aliphatic heterocycles. The van der Waals surface area contributed by atoms with Crippen molar-refractivity contribution in [1.82, 2.24) is 4.72 Å². The number of aliphatic imine (C=N–C) groups is 1. The van der Waals surface area contributed by atoms with Crippen LogP contribution in [0, 0.1) is 6.92 Å². The first kappa shape index (κ1) is 20.5. The molecule has 1 amide bonds. The van der Waals surface area contributed by atoms with Crippen molar-refractivity contribution in [2.45, 2.75) is 50.8 Å². The number of anilines is 1. The number of rotatable bonds is 5. The number of aryl methyl sites for hydroxylation is 2. The van der Waals surface area contributed by atoms with Crippen molar-refractivity contribution in [3.05, 3.63) is 45.6 Å². The van der Waals surface area contributed by atoms with E-state index >= 15 is 0 Å². The topological polar surface area (TPSA) is 87.6 Å². The molecular weight excluding hydrogens is 394 g/mol. The van der Waals surface area contributed by atoms with Crippen LogP contribution in [0.4, 0.5) is 5.69 Å². The van der Waals surface area contributed by atoms with Crippen molar-refractivity contribution in [3.63, 3.8) is 0 Å². The number of nitrogens with zero attached hydrogens (tertiary/aromatic N) is 1. The molecule has 0 saturated carbocycles. The molecule has 1 aliphatic rings. The molecule has 2 N–H and O–H groups in total. The molecule has 0 aliphatic carbocycles. The largest absolute Gasteiger partial charge is 0.321 e. The van der Waals surface area contributed by atoms with Gasteiger partial charge >= 0.3 is 0 Å². The van der Waals surface area contributed by atoms with Gasteiger partial charge in [0.1, 0.15) is 5.84 Å². The zero-order chi connectivity index (χ0) is 20.1. The number of amides is 1. The van der Waals surface area contributed by atoms with E-state index in [1.807, 2.05) is 13.0 Å². The van der Waals surface area contributed by atoms with Crippen molar-refractivity contribution in [1.29, 1.82) is 0 Å². The smallest absolute Gasteiger partial charge is 0.265 e. The maximum Gasteiger partial charge on any atom is 0.265 e. The van der Waals surface area contributed by atoms with Crippen LogP contribution in [0.1, 0.15) is 52.7 Å². The minimum absolute atomic E-state index is 0.105. The molecule has 2 heterocycles. The fourth-order valence-corrected chi connectivity index (χ4v) is 5.23. The monoisotopic (exact) mass is 419 g/mol. The number of nitrogens with one attached hydrogen (secondary N) is 2. The van der Waals surface area contributed by atoms with Gasteiger partial charge in [0, 0.05) is 23.5 Å². The quantitative estimate of drug-likeness (QED) is 0.764. The summed E-state index contributed by atoms with van der Waals surface area (Å²) >= 11 is 1.44. The Morgan fingerprint density at radius 2 is 2.04 bits per heavy atom. The van der Waals surface area contributed by atoms with Gasteiger partial charge in [-0.05, 0) is 56.0 Å². The lowest BCUT2D eigenvalue weighted by Crippen LogP contribution is -2.30. The first-order valence-electron chi connectivity index (χ1n) is 9.46. The van der Waals surface area contributed by atoms with Crippen molar-refractivity contribution in [3.8, 4) is 0 Å². The summed E-state index contributed by atoms with van der Waals surface area (Å²) in [6, 6.07) is 8.18. The number of hydrogen-bond acceptors (Lipinski definition) is 5. The fraction of sp³-hybridized carbons (Fsp3) is 0.400. The van der Waals surface area contributed by atoms with Gasteiger partial charge in [-0.25, -0.2) is 8.42 Å². The second kappa shape index (κ2) is 8.87. The molecule has 28 heavy (non-hydrogen) atoms. The highest BCUT2D eigenvalue weighted by Crippen LogP contribution is 2.24. The van der Waals surface area contributed by atoms with Crippen LogP contribution in [0.25, 0.3) is 0 Å². The van der Waals surface area contributed by atoms with Gasteiger partial charge in [-0.1, -0.05) is 19.4 Å². The second-order valence-corrected chi connectivity index (χ2v) is 9.71. The average molecular weight is 420 g/mol. The molecule has 3 rings (SSSR count). The van der Waals surface area contributed by atoms with Crippen LogP contribution in [-0.2, 0) is 16.4 Å². The average Bonchev–Trinajstić information content (AvgIpc) is 2.86. The summed E-state index contributed by atoms with van der Waals surface area (Å²) in [7, 11) is -3.74. The predicted molar refractivity (Wildman–Crippen MR) is 114 cm³/mol. The summed E-state index contributed by atoms with van der Waals surface area (Å²) < 4.78 is 28.0. The normalized spacial score (nSPS) is 14.9. The van der Waals surface area contributed by atoms with E-state index in [-0.39, 0.29) is 10.8 Å². The van der Waals surface area contributed by atoms with Gasteiger partial charge in [-0.2, -0.15) is 0 Å². The molecule has 8 heteroatoms. The Hall–Kier alpha value is -2.19. The molecule has 2 aromatic rings. The Morgan fingerprint density at radius 1 is 1.21 bits per heavy atom. The molecular formula is C20H25N3O3S2. The first-order valence-corrected chi connectivity index (χ1v) is 11.8. The lowest BCUT2D eigenvalue weighted by atomic mass is 10.2. The molecule has 0 bridgehead atoms. The van der Waals surface area contributed by atoms with E-state index in [0.29, 0.717) is 29.4 Å². The van der Waals surface area contributed by atoms with E-state index in [9.17, 15) is 13.2 Å². The first-order chi connectivity index (χ1) is 13.4. The zero-order valence-electron chi connectivity index (χ0n) is 16.1. The standard InChI is InChI=1S/C20H25N3O3S2/c1-3-15-12-18(27-14(15)2)20(24)22-16-8-7-9-17(13-16)28(25,26)23-19-10-5-4-6-11-21-19/h7-9,12-13H,3-6,10-11H2,1-2H3,(H,21,23)(H,22,24). The van der Waals surface area contributed by atoms with Crippen molar-refractivity contribution < 1.29 is 13.2 Å². The third-order valence-corrected chi connectivity index (χ3v) is 7.12. The molecule has 0 radical (unpaired) electrons. The molecule has 0 saturated heterocycles. The van der Waals surface area contributed by atoms with Crippen LogP contribution in [-0.4, -0.2) is 26.7 Å². The maximum absolute atomic E-state index is 12.7. The summed E-state index contributed by atoms with van der Waals surface area (Å²) in [5.41, 5.74) is 1.60. The molecule has 0 unspecified atom stereocenters. The van der Waals surface area contributed by atoms with E-state index in [0.717, 1.165) is 36.1 Å². The van der Waals surface area contributed by atoms with Gasteiger partial charge in [0.15, 0.2) is 0 Å². The highest BCUT2D eigenvalue weighted by Gasteiger charge is 2.18. The van der Waals surface area contributed by atoms with E-state index < -0.39 is 10.0 Å². The summed E-state index contributed by atoms with van der Waals surface area (Å²) in [5.74, 6) is 0.275. The summed E-state index contributed by atoms with van der Waals surface area (Å²) in [6.45, 7) is 4.69. The minimum atomic E-state index is -3.74. The highest BCUT2D eigenvalue weighted by atomic mass is 32.2. The maximum atomic E-state index is 12.7. The van der Waals surface area contributed by atoms with Crippen LogP contribution in [0.15, 0.2) is 40.2 Å². The number of sulfonamides is 1. The van der Waals surface area contributed by atoms with Gasteiger partial charge in [0.05, 0.1) is 9.77 Å². The molecule has 1 aromatic heterocycles. The minimum Gasteiger partial charge on any atom is -0.321 e. The molecule has 0 spiro atoms. The SMILES string of the molecule is CCc1cc(C(=O)Nc2cccc(S(=O)(=O)NC3=NCCCCC3)c2)sc1C. The molecule has 150 valence electrons. The summed E-state index contributed by atoms with van der Waals surface area (Å²) in [6.07, 6.45) is 4.47. The van der Waals surface area contributed by atoms with Crippen LogP contribution in [0.2, 0.25) is 0 Å². The lowest BCUT2D eigenvalue weighted by Gasteiger charge is -2.11. The highest BCUT2D eigenvalue weighted by molar-refractivity contribution is 7.90. The predicted octanol–water partition coefficient (Wildman–Crippen LogP) is 4.12. The van der Waals surface area contributed by atoms with E-state index in [1.54, 1.807) is 12.1 Å². The summed E-state index contributed by atoms with van der Waals surface area (Å²) in [4.78, 5) is 18.7. The van der Waals surface area contributed by atoms with Gasteiger partial charge < -0.3 is 5.32 Å². The van der Waals surface area contributed by atoms with Crippen molar-refractivity contribution in [2.75, 3.05) is 11.9 Å². The van der Waals surface area contributed by atoms with Crippen LogP contribution >= 0.6 is 11.3 Å². The third kappa shape index (κ3) is 4.99. The fourth-order valence-electron chi connectivity index (χ4n) is 3.09. The number of benzene rings is 1. The molecule has 6 nitrogen and oxygen atoms in total.